The molecule has 1 aromatic rings. The van der Waals surface area contributed by atoms with Crippen molar-refractivity contribution in [1.29, 1.82) is 0 Å². The van der Waals surface area contributed by atoms with Gasteiger partial charge in [0.1, 0.15) is 0 Å². The highest BCUT2D eigenvalue weighted by Crippen LogP contribution is 2.41. The molecular weight excluding hydrogens is 194 g/mol. The third-order valence-corrected chi connectivity index (χ3v) is 3.89. The Morgan fingerprint density at radius 1 is 1.31 bits per heavy atom. The molecule has 0 aliphatic heterocycles. The van der Waals surface area contributed by atoms with Crippen LogP contribution < -0.4 is 5.32 Å². The molecule has 0 aromatic heterocycles. The largest absolute Gasteiger partial charge is 0.316 e. The molecular formula is C15H23N. The van der Waals surface area contributed by atoms with Crippen LogP contribution in [-0.2, 0) is 5.41 Å². The lowest BCUT2D eigenvalue weighted by Gasteiger charge is -2.37. The van der Waals surface area contributed by atoms with Gasteiger partial charge < -0.3 is 5.32 Å². The maximum absolute atomic E-state index is 3.49. The molecule has 1 N–H and O–H groups in total. The fraction of sp³-hybridized carbons (Fsp3) is 0.600. The first-order valence-electron chi connectivity index (χ1n) is 6.45. The van der Waals surface area contributed by atoms with Crippen LogP contribution in [-0.4, -0.2) is 13.1 Å². The topological polar surface area (TPSA) is 12.0 Å². The van der Waals surface area contributed by atoms with Gasteiger partial charge in [0.15, 0.2) is 0 Å². The van der Waals surface area contributed by atoms with Crippen molar-refractivity contribution < 1.29 is 0 Å². The van der Waals surface area contributed by atoms with Gasteiger partial charge in [-0.3, -0.25) is 0 Å². The zero-order valence-electron chi connectivity index (χ0n) is 10.7. The summed E-state index contributed by atoms with van der Waals surface area (Å²) in [6.45, 7) is 9.12. The molecule has 1 aliphatic rings. The van der Waals surface area contributed by atoms with Gasteiger partial charge in [0.2, 0.25) is 0 Å². The molecule has 1 aliphatic carbocycles. The zero-order valence-corrected chi connectivity index (χ0v) is 10.7. The molecule has 1 aromatic carbocycles. The summed E-state index contributed by atoms with van der Waals surface area (Å²) in [5.41, 5.74) is 3.49. The number of benzene rings is 1. The number of likely N-dealkylation sites (N-methyl/N-ethyl adjacent to an activating group) is 1. The van der Waals surface area contributed by atoms with Crippen LogP contribution in [0.3, 0.4) is 0 Å². The van der Waals surface area contributed by atoms with Gasteiger partial charge in [-0.15, -0.1) is 0 Å². The Balaban J connectivity index is 2.28. The lowest BCUT2D eigenvalue weighted by atomic mass is 9.69. The molecule has 0 fully saturated rings. The Hall–Kier alpha value is -0.820. The molecule has 1 nitrogen and oxygen atoms in total. The van der Waals surface area contributed by atoms with Crippen molar-refractivity contribution in [3.63, 3.8) is 0 Å². The lowest BCUT2D eigenvalue weighted by molar-refractivity contribution is 0.384. The molecule has 88 valence electrons. The molecule has 0 amide bonds. The monoisotopic (exact) mass is 217 g/mol. The van der Waals surface area contributed by atoms with Crippen LogP contribution in [0.15, 0.2) is 24.3 Å². The predicted molar refractivity (Wildman–Crippen MR) is 70.0 cm³/mol. The van der Waals surface area contributed by atoms with Crippen LogP contribution in [0, 0.1) is 0 Å². The second-order valence-corrected chi connectivity index (χ2v) is 5.51. The van der Waals surface area contributed by atoms with Crippen molar-refractivity contribution in [3.8, 4) is 0 Å². The smallest absolute Gasteiger partial charge is 0.00201 e. The van der Waals surface area contributed by atoms with Crippen molar-refractivity contribution in [2.75, 3.05) is 13.1 Å². The average molecular weight is 217 g/mol. The fourth-order valence-corrected chi connectivity index (χ4v) is 2.83. The third kappa shape index (κ3) is 2.15. The molecule has 16 heavy (non-hydrogen) atoms. The molecule has 1 atom stereocenters. The fourth-order valence-electron chi connectivity index (χ4n) is 2.83. The van der Waals surface area contributed by atoms with Gasteiger partial charge in [0, 0.05) is 6.54 Å². The summed E-state index contributed by atoms with van der Waals surface area (Å²) in [6.07, 6.45) is 2.62. The minimum absolute atomic E-state index is 0.360. The van der Waals surface area contributed by atoms with Crippen molar-refractivity contribution in [2.24, 2.45) is 0 Å². The van der Waals surface area contributed by atoms with E-state index in [1.165, 1.54) is 12.8 Å². The minimum atomic E-state index is 0.360. The summed E-state index contributed by atoms with van der Waals surface area (Å²) < 4.78 is 0. The molecule has 0 radical (unpaired) electrons. The van der Waals surface area contributed by atoms with E-state index in [2.05, 4.69) is 50.4 Å². The first-order valence-corrected chi connectivity index (χ1v) is 6.45. The molecule has 2 rings (SSSR count). The van der Waals surface area contributed by atoms with E-state index in [1.807, 2.05) is 0 Å². The number of fused-ring (bicyclic) bond motifs is 1. The van der Waals surface area contributed by atoms with E-state index in [9.17, 15) is 0 Å². The van der Waals surface area contributed by atoms with Gasteiger partial charge in [-0.1, -0.05) is 45.0 Å². The second-order valence-electron chi connectivity index (χ2n) is 5.51. The van der Waals surface area contributed by atoms with E-state index < -0.39 is 0 Å². The molecule has 0 saturated carbocycles. The van der Waals surface area contributed by atoms with Crippen molar-refractivity contribution in [3.05, 3.63) is 35.4 Å². The summed E-state index contributed by atoms with van der Waals surface area (Å²) in [7, 11) is 0. The summed E-state index contributed by atoms with van der Waals surface area (Å²) in [5.74, 6) is 0.712. The zero-order chi connectivity index (χ0) is 11.6. The first-order chi connectivity index (χ1) is 7.65. The first kappa shape index (κ1) is 11.7. The Morgan fingerprint density at radius 3 is 2.81 bits per heavy atom. The van der Waals surface area contributed by atoms with E-state index in [0.29, 0.717) is 11.3 Å². The third-order valence-electron chi connectivity index (χ3n) is 3.89. The molecule has 0 heterocycles. The molecule has 0 saturated heterocycles. The van der Waals surface area contributed by atoms with E-state index in [-0.39, 0.29) is 0 Å². The summed E-state index contributed by atoms with van der Waals surface area (Å²) >= 11 is 0. The number of nitrogens with one attached hydrogen (secondary N) is 1. The van der Waals surface area contributed by atoms with Crippen LogP contribution in [0.4, 0.5) is 0 Å². The minimum Gasteiger partial charge on any atom is -0.316 e. The Bertz CT molecular complexity index is 354. The highest BCUT2D eigenvalue weighted by atomic mass is 14.8. The quantitative estimate of drug-likeness (QED) is 0.817. The Labute approximate surface area is 99.3 Å². The highest BCUT2D eigenvalue weighted by molar-refractivity contribution is 5.38. The molecule has 1 heteroatoms. The second kappa shape index (κ2) is 4.58. The lowest BCUT2D eigenvalue weighted by Crippen LogP contribution is -2.31. The number of rotatable bonds is 3. The number of hydrogen-bond donors (Lipinski definition) is 1. The van der Waals surface area contributed by atoms with Crippen LogP contribution in [0.5, 0.6) is 0 Å². The summed E-state index contributed by atoms with van der Waals surface area (Å²) in [5, 5.41) is 3.49. The van der Waals surface area contributed by atoms with Crippen molar-refractivity contribution in [2.45, 2.75) is 44.9 Å². The SMILES string of the molecule is CCNCC1CCC(C)(C)c2ccccc21. The highest BCUT2D eigenvalue weighted by Gasteiger charge is 2.31. The van der Waals surface area contributed by atoms with E-state index in [4.69, 9.17) is 0 Å². The molecule has 0 spiro atoms. The maximum atomic E-state index is 3.49. The van der Waals surface area contributed by atoms with Gasteiger partial charge in [0.05, 0.1) is 0 Å². The van der Waals surface area contributed by atoms with Crippen molar-refractivity contribution in [1.82, 2.24) is 5.32 Å². The molecule has 1 unspecified atom stereocenters. The van der Waals surface area contributed by atoms with Crippen molar-refractivity contribution >= 4 is 0 Å². The van der Waals surface area contributed by atoms with Gasteiger partial charge in [-0.2, -0.15) is 0 Å². The summed E-state index contributed by atoms with van der Waals surface area (Å²) in [4.78, 5) is 0. The Morgan fingerprint density at radius 2 is 2.06 bits per heavy atom. The standard InChI is InChI=1S/C15H23N/c1-4-16-11-12-9-10-15(2,3)14-8-6-5-7-13(12)14/h5-8,12,16H,4,9-11H2,1-3H3. The van der Waals surface area contributed by atoms with E-state index >= 15 is 0 Å². The van der Waals surface area contributed by atoms with E-state index in [1.54, 1.807) is 11.1 Å². The van der Waals surface area contributed by atoms with Crippen LogP contribution in [0.25, 0.3) is 0 Å². The van der Waals surface area contributed by atoms with Crippen LogP contribution in [0.1, 0.15) is 50.7 Å². The molecule has 0 bridgehead atoms. The van der Waals surface area contributed by atoms with Gasteiger partial charge in [-0.05, 0) is 41.8 Å². The normalized spacial score (nSPS) is 22.8. The van der Waals surface area contributed by atoms with Gasteiger partial charge in [-0.25, -0.2) is 0 Å². The van der Waals surface area contributed by atoms with E-state index in [0.717, 1.165) is 13.1 Å². The van der Waals surface area contributed by atoms with Crippen LogP contribution >= 0.6 is 0 Å². The van der Waals surface area contributed by atoms with Crippen LogP contribution in [0.2, 0.25) is 0 Å². The summed E-state index contributed by atoms with van der Waals surface area (Å²) in [6, 6.07) is 8.99. The Kier molecular flexibility index (Phi) is 3.34. The van der Waals surface area contributed by atoms with Gasteiger partial charge >= 0.3 is 0 Å². The maximum Gasteiger partial charge on any atom is 0.00201 e. The number of hydrogen-bond acceptors (Lipinski definition) is 1. The average Bonchev–Trinajstić information content (AvgIpc) is 2.29. The van der Waals surface area contributed by atoms with Gasteiger partial charge in [0.25, 0.3) is 0 Å². The predicted octanol–water partition coefficient (Wildman–Crippen LogP) is 3.45.